The molecule has 1 aromatic carbocycles. The van der Waals surface area contributed by atoms with Crippen LogP contribution in [0.25, 0.3) is 6.08 Å². The molecular formula is C32H44N2O6S. The largest absolute Gasteiger partial charge is 0.504 e. The summed E-state index contributed by atoms with van der Waals surface area (Å²) in [5.74, 6) is 1.64. The Hall–Kier alpha value is -2.68. The maximum absolute atomic E-state index is 14.2. The van der Waals surface area contributed by atoms with Gasteiger partial charge in [0.15, 0.2) is 11.5 Å². The molecule has 0 radical (unpaired) electrons. The van der Waals surface area contributed by atoms with Gasteiger partial charge in [0.1, 0.15) is 17.7 Å². The number of phenolic OH excluding ortho intramolecular Hbond substituents is 1. The maximum Gasteiger partial charge on any atom is 0.329 e. The van der Waals surface area contributed by atoms with E-state index in [2.05, 4.69) is 26.1 Å². The van der Waals surface area contributed by atoms with E-state index in [0.29, 0.717) is 43.0 Å². The second-order valence-corrected chi connectivity index (χ2v) is 14.0. The molecule has 9 heteroatoms. The third kappa shape index (κ3) is 5.23. The Labute approximate surface area is 247 Å². The van der Waals surface area contributed by atoms with Crippen molar-refractivity contribution in [2.45, 2.75) is 89.8 Å². The lowest BCUT2D eigenvalue weighted by Gasteiger charge is -2.69. The number of nitrogens with one attached hydrogen (secondary N) is 1. The van der Waals surface area contributed by atoms with Crippen LogP contribution < -0.4 is 10.1 Å². The van der Waals surface area contributed by atoms with Gasteiger partial charge in [-0.05, 0) is 91.6 Å². The van der Waals surface area contributed by atoms with Crippen molar-refractivity contribution >= 4 is 35.6 Å². The summed E-state index contributed by atoms with van der Waals surface area (Å²) in [5, 5.41) is 12.9. The first-order valence-corrected chi connectivity index (χ1v) is 16.2. The summed E-state index contributed by atoms with van der Waals surface area (Å²) in [5.41, 5.74) is -0.195. The van der Waals surface area contributed by atoms with Gasteiger partial charge in [0.25, 0.3) is 0 Å². The van der Waals surface area contributed by atoms with Crippen LogP contribution in [0.15, 0.2) is 24.3 Å². The molecule has 2 saturated carbocycles. The smallest absolute Gasteiger partial charge is 0.329 e. The van der Waals surface area contributed by atoms with E-state index < -0.39 is 11.6 Å². The van der Waals surface area contributed by atoms with Crippen molar-refractivity contribution in [3.63, 3.8) is 0 Å². The van der Waals surface area contributed by atoms with Crippen molar-refractivity contribution in [2.75, 3.05) is 25.2 Å². The average Bonchev–Trinajstić information content (AvgIpc) is 3.45. The molecule has 0 bridgehead atoms. The molecule has 2 saturated heterocycles. The Balaban J connectivity index is 1.28. The summed E-state index contributed by atoms with van der Waals surface area (Å²) < 4.78 is 11.4. The third-order valence-electron chi connectivity index (χ3n) is 10.6. The van der Waals surface area contributed by atoms with Crippen LogP contribution in [0.1, 0.15) is 77.7 Å². The maximum atomic E-state index is 14.2. The van der Waals surface area contributed by atoms with E-state index in [4.69, 9.17) is 9.47 Å². The second kappa shape index (κ2) is 11.5. The predicted octanol–water partition coefficient (Wildman–Crippen LogP) is 4.94. The monoisotopic (exact) mass is 584 g/mol. The van der Waals surface area contributed by atoms with Crippen molar-refractivity contribution < 1.29 is 29.0 Å². The fourth-order valence-corrected chi connectivity index (χ4v) is 8.83. The van der Waals surface area contributed by atoms with E-state index in [1.807, 2.05) is 0 Å². The summed E-state index contributed by atoms with van der Waals surface area (Å²) in [6, 6.07) is 4.22. The zero-order valence-corrected chi connectivity index (χ0v) is 25.6. The number of methoxy groups -OCH3 is 1. The Morgan fingerprint density at radius 2 is 1.95 bits per heavy atom. The Kier molecular flexibility index (Phi) is 8.39. The van der Waals surface area contributed by atoms with Crippen LogP contribution in [0.2, 0.25) is 0 Å². The predicted molar refractivity (Wildman–Crippen MR) is 160 cm³/mol. The van der Waals surface area contributed by atoms with E-state index in [9.17, 15) is 19.5 Å². The molecule has 4 unspecified atom stereocenters. The zero-order valence-electron chi connectivity index (χ0n) is 24.7. The zero-order chi connectivity index (χ0) is 29.4. The van der Waals surface area contributed by atoms with Gasteiger partial charge in [-0.15, -0.1) is 0 Å². The van der Waals surface area contributed by atoms with E-state index in [0.717, 1.165) is 37.2 Å². The van der Waals surface area contributed by atoms with Crippen LogP contribution in [0.5, 0.6) is 11.5 Å². The highest BCUT2D eigenvalue weighted by Gasteiger charge is 2.68. The highest BCUT2D eigenvalue weighted by molar-refractivity contribution is 7.99. The minimum absolute atomic E-state index is 0.0195. The number of benzene rings is 1. The summed E-state index contributed by atoms with van der Waals surface area (Å²) in [4.78, 5) is 42.6. The molecule has 4 fully saturated rings. The molecule has 2 N–H and O–H groups in total. The number of thioether (sulfide) groups is 1. The molecule has 2 aliphatic carbocycles. The number of hydrogen-bond donors (Lipinski definition) is 2. The number of ether oxygens (including phenoxy) is 2. The Morgan fingerprint density at radius 3 is 2.59 bits per heavy atom. The number of rotatable bonds is 9. The van der Waals surface area contributed by atoms with Gasteiger partial charge in [0.2, 0.25) is 11.8 Å². The minimum atomic E-state index is -1.05. The van der Waals surface area contributed by atoms with Gasteiger partial charge in [-0.3, -0.25) is 9.59 Å². The highest BCUT2D eigenvalue weighted by atomic mass is 32.2. The van der Waals surface area contributed by atoms with Gasteiger partial charge in [0, 0.05) is 18.0 Å². The van der Waals surface area contributed by atoms with Gasteiger partial charge in [-0.2, -0.15) is 11.8 Å². The summed E-state index contributed by atoms with van der Waals surface area (Å²) in [6.07, 6.45) is 9.58. The number of fused-ring (bicyclic) bond motifs is 1. The van der Waals surface area contributed by atoms with Crippen LogP contribution >= 0.6 is 11.8 Å². The second-order valence-electron chi connectivity index (χ2n) is 12.8. The highest BCUT2D eigenvalue weighted by Crippen LogP contribution is 2.70. The van der Waals surface area contributed by atoms with Crippen molar-refractivity contribution in [3.8, 4) is 11.5 Å². The fraction of sp³-hybridized carbons (Fsp3) is 0.656. The number of phenols is 1. The van der Waals surface area contributed by atoms with Gasteiger partial charge in [-0.25, -0.2) is 4.79 Å². The fourth-order valence-electron chi connectivity index (χ4n) is 7.64. The van der Waals surface area contributed by atoms with E-state index in [1.165, 1.54) is 25.7 Å². The van der Waals surface area contributed by atoms with Crippen LogP contribution in [-0.2, 0) is 19.1 Å². The lowest BCUT2D eigenvalue weighted by Crippen LogP contribution is -2.68. The van der Waals surface area contributed by atoms with Crippen molar-refractivity contribution in [1.29, 1.82) is 0 Å². The molecule has 4 atom stereocenters. The lowest BCUT2D eigenvalue weighted by atomic mass is 9.37. The number of nitrogens with zero attached hydrogens (tertiary/aromatic N) is 1. The number of carbonyl (C=O) groups is 3. The van der Waals surface area contributed by atoms with E-state index in [1.54, 1.807) is 34.9 Å². The molecule has 224 valence electrons. The molecule has 5 rings (SSSR count). The lowest BCUT2D eigenvalue weighted by molar-refractivity contribution is -0.261. The van der Waals surface area contributed by atoms with E-state index in [-0.39, 0.29) is 40.5 Å². The minimum Gasteiger partial charge on any atom is -0.504 e. The molecule has 41 heavy (non-hydrogen) atoms. The first-order chi connectivity index (χ1) is 19.6. The van der Waals surface area contributed by atoms with Gasteiger partial charge >= 0.3 is 5.97 Å². The molecule has 0 aromatic heterocycles. The molecule has 0 spiro atoms. The van der Waals surface area contributed by atoms with Crippen molar-refractivity contribution in [1.82, 2.24) is 10.2 Å². The van der Waals surface area contributed by atoms with Crippen molar-refractivity contribution in [2.24, 2.45) is 16.7 Å². The van der Waals surface area contributed by atoms with Crippen LogP contribution in [0, 0.1) is 16.7 Å². The molecule has 2 heterocycles. The first-order valence-electron chi connectivity index (χ1n) is 15.0. The van der Waals surface area contributed by atoms with Gasteiger partial charge < -0.3 is 24.8 Å². The van der Waals surface area contributed by atoms with Crippen LogP contribution in [0.3, 0.4) is 0 Å². The van der Waals surface area contributed by atoms with Crippen LogP contribution in [0.4, 0.5) is 0 Å². The van der Waals surface area contributed by atoms with Gasteiger partial charge in [-0.1, -0.05) is 33.3 Å². The number of aromatic hydroxyl groups is 1. The number of amides is 2. The summed E-state index contributed by atoms with van der Waals surface area (Å²) in [7, 11) is 1.47. The standard InChI is InChI=1S/C32H44N2O6S/c1-5-30(2,3)32-13-12-22(32)20-26(32)40-28(37)23-7-6-16-34(23)29(38)31(14-17-41-18-15-31)33-27(36)11-9-21-8-10-24(35)25(19-21)39-4/h8-11,19,22-23,26,35H,5-7,12-18,20H2,1-4H3,(H,33,36)/b11-9+. The summed E-state index contributed by atoms with van der Waals surface area (Å²) >= 11 is 1.77. The number of likely N-dealkylation sites (tertiary alicyclic amines) is 1. The third-order valence-corrected chi connectivity index (χ3v) is 11.6. The molecule has 4 aliphatic rings. The van der Waals surface area contributed by atoms with E-state index >= 15 is 0 Å². The number of carbonyl (C=O) groups excluding carboxylic acids is 3. The molecule has 1 aromatic rings. The topological polar surface area (TPSA) is 105 Å². The van der Waals surface area contributed by atoms with Crippen LogP contribution in [-0.4, -0.2) is 70.6 Å². The van der Waals surface area contributed by atoms with Gasteiger partial charge in [0.05, 0.1) is 7.11 Å². The first kappa shape index (κ1) is 29.8. The summed E-state index contributed by atoms with van der Waals surface area (Å²) in [6.45, 7) is 7.30. The normalized spacial score (nSPS) is 28.8. The average molecular weight is 585 g/mol. The SMILES string of the molecule is CCC(C)(C)C12CCC1CC2OC(=O)C1CCCN1C(=O)C1(NC(=O)/C=C/c2ccc(O)c(OC)c2)CCSCC1. The number of hydrogen-bond acceptors (Lipinski definition) is 7. The van der Waals surface area contributed by atoms with Crippen molar-refractivity contribution in [3.05, 3.63) is 29.8 Å². The quantitative estimate of drug-likeness (QED) is 0.313. The molecule has 2 amide bonds. The number of esters is 1. The Morgan fingerprint density at radius 1 is 1.20 bits per heavy atom. The molecule has 8 nitrogen and oxygen atoms in total. The molecular weight excluding hydrogens is 540 g/mol. The Bertz CT molecular complexity index is 1210. The molecule has 2 aliphatic heterocycles.